The molecule has 5 nitrogen and oxygen atoms in total. The van der Waals surface area contributed by atoms with Crippen molar-refractivity contribution < 1.29 is 5.11 Å². The van der Waals surface area contributed by atoms with Crippen LogP contribution in [0.4, 0.5) is 0 Å². The third-order valence-corrected chi connectivity index (χ3v) is 2.78. The number of aromatic nitrogens is 3. The summed E-state index contributed by atoms with van der Waals surface area (Å²) in [5, 5.41) is 16.8. The maximum atomic E-state index is 9.07. The number of nitrogens with zero attached hydrogens (tertiary/aromatic N) is 4. The van der Waals surface area contributed by atoms with Gasteiger partial charge < -0.3 is 14.6 Å². The highest BCUT2D eigenvalue weighted by Gasteiger charge is 2.20. The summed E-state index contributed by atoms with van der Waals surface area (Å²) in [6, 6.07) is 0.422. The van der Waals surface area contributed by atoms with Crippen LogP contribution in [-0.4, -0.2) is 44.9 Å². The van der Waals surface area contributed by atoms with E-state index in [0.29, 0.717) is 11.9 Å². The second-order valence-corrected chi connectivity index (χ2v) is 3.87. The Labute approximate surface area is 83.4 Å². The first-order valence-corrected chi connectivity index (χ1v) is 4.99. The topological polar surface area (TPSA) is 54.2 Å². The van der Waals surface area contributed by atoms with E-state index >= 15 is 0 Å². The third kappa shape index (κ3) is 1.78. The molecule has 0 bridgehead atoms. The Hall–Kier alpha value is -0.940. The van der Waals surface area contributed by atoms with Crippen molar-refractivity contribution >= 4 is 0 Å². The van der Waals surface area contributed by atoms with Crippen LogP contribution in [-0.2, 0) is 6.61 Å². The number of piperidine rings is 1. The lowest BCUT2D eigenvalue weighted by Crippen LogP contribution is -2.34. The van der Waals surface area contributed by atoms with Gasteiger partial charge in [-0.1, -0.05) is 0 Å². The molecule has 2 rings (SSSR count). The van der Waals surface area contributed by atoms with Crippen molar-refractivity contribution in [1.29, 1.82) is 0 Å². The molecule has 0 aromatic carbocycles. The summed E-state index contributed by atoms with van der Waals surface area (Å²) >= 11 is 0. The van der Waals surface area contributed by atoms with Crippen molar-refractivity contribution in [3.63, 3.8) is 0 Å². The van der Waals surface area contributed by atoms with Crippen LogP contribution in [0.1, 0.15) is 24.7 Å². The highest BCUT2D eigenvalue weighted by atomic mass is 16.3. The van der Waals surface area contributed by atoms with Gasteiger partial charge in [0.25, 0.3) is 0 Å². The van der Waals surface area contributed by atoms with Crippen LogP contribution >= 0.6 is 0 Å². The summed E-state index contributed by atoms with van der Waals surface area (Å²) in [6.45, 7) is 2.15. The average Bonchev–Trinajstić information content (AvgIpc) is 2.65. The van der Waals surface area contributed by atoms with Crippen LogP contribution in [0.2, 0.25) is 0 Å². The van der Waals surface area contributed by atoms with E-state index in [1.54, 1.807) is 6.33 Å². The number of likely N-dealkylation sites (N-methyl/N-ethyl adjacent to an activating group) is 1. The number of likely N-dealkylation sites (tertiary alicyclic amines) is 1. The highest BCUT2D eigenvalue weighted by Crippen LogP contribution is 2.20. The molecule has 2 heterocycles. The van der Waals surface area contributed by atoms with E-state index in [-0.39, 0.29) is 6.61 Å². The zero-order chi connectivity index (χ0) is 9.97. The van der Waals surface area contributed by atoms with Crippen molar-refractivity contribution in [2.75, 3.05) is 20.1 Å². The first kappa shape index (κ1) is 9.61. The monoisotopic (exact) mass is 196 g/mol. The Morgan fingerprint density at radius 2 is 2.50 bits per heavy atom. The molecule has 1 aliphatic rings. The molecule has 78 valence electrons. The number of hydrogen-bond acceptors (Lipinski definition) is 4. The average molecular weight is 196 g/mol. The fourth-order valence-electron chi connectivity index (χ4n) is 2.05. The molecular weight excluding hydrogens is 180 g/mol. The number of aliphatic hydroxyl groups is 1. The molecule has 0 aliphatic carbocycles. The van der Waals surface area contributed by atoms with Crippen molar-refractivity contribution in [1.82, 2.24) is 19.7 Å². The minimum absolute atomic E-state index is 0.0276. The van der Waals surface area contributed by atoms with Gasteiger partial charge in [-0.3, -0.25) is 0 Å². The van der Waals surface area contributed by atoms with Crippen molar-refractivity contribution in [3.8, 4) is 0 Å². The first-order chi connectivity index (χ1) is 6.81. The van der Waals surface area contributed by atoms with Gasteiger partial charge in [-0.2, -0.15) is 0 Å². The molecule has 1 fully saturated rings. The number of hydrogen-bond donors (Lipinski definition) is 1. The van der Waals surface area contributed by atoms with Gasteiger partial charge in [0, 0.05) is 12.6 Å². The van der Waals surface area contributed by atoms with Crippen LogP contribution < -0.4 is 0 Å². The lowest BCUT2D eigenvalue weighted by Gasteiger charge is -2.30. The molecule has 1 aliphatic heterocycles. The molecule has 1 N–H and O–H groups in total. The van der Waals surface area contributed by atoms with Gasteiger partial charge in [-0.25, -0.2) is 0 Å². The SMILES string of the molecule is CN1CCCC(n2cnnc2CO)C1. The molecular formula is C9H16N4O. The maximum Gasteiger partial charge on any atom is 0.158 e. The summed E-state index contributed by atoms with van der Waals surface area (Å²) in [5.74, 6) is 0.672. The van der Waals surface area contributed by atoms with Crippen LogP contribution in [0.3, 0.4) is 0 Å². The van der Waals surface area contributed by atoms with Gasteiger partial charge in [-0.05, 0) is 26.4 Å². The van der Waals surface area contributed by atoms with Gasteiger partial charge in [0.15, 0.2) is 5.82 Å². The van der Waals surface area contributed by atoms with Gasteiger partial charge >= 0.3 is 0 Å². The predicted octanol–water partition coefficient (Wildman–Crippen LogP) is 0.0371. The van der Waals surface area contributed by atoms with Gasteiger partial charge in [-0.15, -0.1) is 10.2 Å². The van der Waals surface area contributed by atoms with Crippen molar-refractivity contribution in [2.24, 2.45) is 0 Å². The molecule has 1 aromatic rings. The van der Waals surface area contributed by atoms with E-state index in [4.69, 9.17) is 5.11 Å². The van der Waals surface area contributed by atoms with Gasteiger partial charge in [0.1, 0.15) is 12.9 Å². The van der Waals surface area contributed by atoms with Crippen molar-refractivity contribution in [2.45, 2.75) is 25.5 Å². The molecule has 1 unspecified atom stereocenters. The Balaban J connectivity index is 2.13. The zero-order valence-electron chi connectivity index (χ0n) is 8.43. The second-order valence-electron chi connectivity index (χ2n) is 3.87. The van der Waals surface area contributed by atoms with E-state index in [2.05, 4.69) is 22.1 Å². The largest absolute Gasteiger partial charge is 0.388 e. The summed E-state index contributed by atoms with van der Waals surface area (Å²) in [5.41, 5.74) is 0. The highest BCUT2D eigenvalue weighted by molar-refractivity contribution is 4.89. The molecule has 5 heteroatoms. The first-order valence-electron chi connectivity index (χ1n) is 4.99. The lowest BCUT2D eigenvalue weighted by molar-refractivity contribution is 0.198. The molecule has 0 spiro atoms. The molecule has 1 atom stereocenters. The van der Waals surface area contributed by atoms with E-state index in [0.717, 1.165) is 19.5 Å². The van der Waals surface area contributed by atoms with E-state index in [1.165, 1.54) is 6.42 Å². The van der Waals surface area contributed by atoms with Gasteiger partial charge in [0.2, 0.25) is 0 Å². The Morgan fingerprint density at radius 3 is 3.21 bits per heavy atom. The summed E-state index contributed by atoms with van der Waals surface area (Å²) < 4.78 is 2.00. The second kappa shape index (κ2) is 4.06. The van der Waals surface area contributed by atoms with Crippen molar-refractivity contribution in [3.05, 3.63) is 12.2 Å². The Kier molecular flexibility index (Phi) is 2.79. The Morgan fingerprint density at radius 1 is 1.64 bits per heavy atom. The standard InChI is InChI=1S/C9H16N4O/c1-12-4-2-3-8(5-12)13-7-10-11-9(13)6-14/h7-8,14H,2-6H2,1H3. The van der Waals surface area contributed by atoms with Gasteiger partial charge in [0.05, 0.1) is 0 Å². The summed E-state index contributed by atoms with van der Waals surface area (Å²) in [6.07, 6.45) is 4.06. The minimum Gasteiger partial charge on any atom is -0.388 e. The smallest absolute Gasteiger partial charge is 0.158 e. The normalized spacial score (nSPS) is 24.0. The fraction of sp³-hybridized carbons (Fsp3) is 0.778. The Bertz CT molecular complexity index is 299. The fourth-order valence-corrected chi connectivity index (χ4v) is 2.05. The summed E-state index contributed by atoms with van der Waals surface area (Å²) in [4.78, 5) is 2.30. The van der Waals surface area contributed by atoms with E-state index in [9.17, 15) is 0 Å². The number of rotatable bonds is 2. The number of aliphatic hydroxyl groups excluding tert-OH is 1. The van der Waals surface area contributed by atoms with Crippen LogP contribution in [0.25, 0.3) is 0 Å². The quantitative estimate of drug-likeness (QED) is 0.725. The van der Waals surface area contributed by atoms with E-state index < -0.39 is 0 Å². The lowest BCUT2D eigenvalue weighted by atomic mass is 10.1. The predicted molar refractivity (Wildman–Crippen MR) is 51.7 cm³/mol. The molecule has 0 radical (unpaired) electrons. The molecule has 1 saturated heterocycles. The van der Waals surface area contributed by atoms with Crippen LogP contribution in [0, 0.1) is 0 Å². The summed E-state index contributed by atoms with van der Waals surface area (Å²) in [7, 11) is 2.12. The van der Waals surface area contributed by atoms with E-state index in [1.807, 2.05) is 4.57 Å². The molecule has 1 aromatic heterocycles. The molecule has 14 heavy (non-hydrogen) atoms. The van der Waals surface area contributed by atoms with Crippen LogP contribution in [0.5, 0.6) is 0 Å². The third-order valence-electron chi connectivity index (χ3n) is 2.78. The van der Waals surface area contributed by atoms with Crippen LogP contribution in [0.15, 0.2) is 6.33 Å². The zero-order valence-corrected chi connectivity index (χ0v) is 8.43. The maximum absolute atomic E-state index is 9.07. The molecule has 0 saturated carbocycles. The molecule has 0 amide bonds. The minimum atomic E-state index is -0.0276.